The SMILES string of the molecule is Nc1cc(Br)ccc1C(=O)Nc1cc(Cl)ccc1C(=O)O. The Morgan fingerprint density at radius 1 is 1.14 bits per heavy atom. The predicted molar refractivity (Wildman–Crippen MR) is 84.9 cm³/mol. The largest absolute Gasteiger partial charge is 0.478 e. The van der Waals surface area contributed by atoms with E-state index in [9.17, 15) is 9.59 Å². The Kier molecular flexibility index (Phi) is 4.50. The van der Waals surface area contributed by atoms with Gasteiger partial charge in [-0.3, -0.25) is 4.79 Å². The predicted octanol–water partition coefficient (Wildman–Crippen LogP) is 3.64. The number of nitrogens with one attached hydrogen (secondary N) is 1. The van der Waals surface area contributed by atoms with E-state index in [1.165, 1.54) is 18.2 Å². The van der Waals surface area contributed by atoms with Crippen molar-refractivity contribution in [2.75, 3.05) is 11.1 Å². The van der Waals surface area contributed by atoms with E-state index in [-0.39, 0.29) is 22.5 Å². The minimum absolute atomic E-state index is 0.0524. The lowest BCUT2D eigenvalue weighted by atomic mass is 10.1. The standard InChI is InChI=1S/C14H10BrClN2O3/c15-7-1-3-9(11(17)5-7)13(19)18-12-6-8(16)2-4-10(12)14(20)21/h1-6H,17H2,(H,18,19)(H,20,21). The van der Waals surface area contributed by atoms with Crippen LogP contribution in [0.3, 0.4) is 0 Å². The first-order valence-electron chi connectivity index (χ1n) is 5.77. The number of aromatic carboxylic acids is 1. The molecule has 5 nitrogen and oxygen atoms in total. The normalized spacial score (nSPS) is 10.2. The molecule has 0 aromatic heterocycles. The van der Waals surface area contributed by atoms with Gasteiger partial charge in [0.25, 0.3) is 5.91 Å². The molecular formula is C14H10BrClN2O3. The molecular weight excluding hydrogens is 360 g/mol. The molecule has 0 unspecified atom stereocenters. The van der Waals surface area contributed by atoms with Gasteiger partial charge in [0.1, 0.15) is 0 Å². The molecule has 7 heteroatoms. The summed E-state index contributed by atoms with van der Waals surface area (Å²) in [6, 6.07) is 8.93. The molecule has 0 heterocycles. The first-order valence-corrected chi connectivity index (χ1v) is 6.95. The van der Waals surface area contributed by atoms with Crippen LogP contribution >= 0.6 is 27.5 Å². The van der Waals surface area contributed by atoms with Crippen molar-refractivity contribution in [2.24, 2.45) is 0 Å². The second-order valence-corrected chi connectivity index (χ2v) is 5.53. The number of carbonyl (C=O) groups is 2. The fourth-order valence-electron chi connectivity index (χ4n) is 1.74. The molecule has 4 N–H and O–H groups in total. The number of benzene rings is 2. The summed E-state index contributed by atoms with van der Waals surface area (Å²) in [5, 5.41) is 11.9. The van der Waals surface area contributed by atoms with Gasteiger partial charge in [-0.1, -0.05) is 27.5 Å². The van der Waals surface area contributed by atoms with Crippen LogP contribution in [0.1, 0.15) is 20.7 Å². The fourth-order valence-corrected chi connectivity index (χ4v) is 2.29. The zero-order valence-corrected chi connectivity index (χ0v) is 12.9. The molecule has 0 aliphatic carbocycles. The van der Waals surface area contributed by atoms with Gasteiger partial charge >= 0.3 is 5.97 Å². The number of nitrogens with two attached hydrogens (primary N) is 1. The van der Waals surface area contributed by atoms with E-state index in [1.807, 2.05) is 0 Å². The number of rotatable bonds is 3. The molecule has 0 bridgehead atoms. The van der Waals surface area contributed by atoms with E-state index in [2.05, 4.69) is 21.2 Å². The van der Waals surface area contributed by atoms with E-state index in [0.717, 1.165) is 4.47 Å². The topological polar surface area (TPSA) is 92.4 Å². The molecule has 0 fully saturated rings. The van der Waals surface area contributed by atoms with Gasteiger partial charge in [-0.2, -0.15) is 0 Å². The highest BCUT2D eigenvalue weighted by Gasteiger charge is 2.15. The zero-order valence-electron chi connectivity index (χ0n) is 10.6. The Bertz CT molecular complexity index is 734. The van der Waals surface area contributed by atoms with Crippen molar-refractivity contribution in [2.45, 2.75) is 0 Å². The molecule has 0 aliphatic rings. The van der Waals surface area contributed by atoms with Crippen LogP contribution in [0, 0.1) is 0 Å². The third-order valence-corrected chi connectivity index (χ3v) is 3.45. The smallest absolute Gasteiger partial charge is 0.337 e. The molecule has 0 aliphatic heterocycles. The van der Waals surface area contributed by atoms with Crippen molar-refractivity contribution in [1.82, 2.24) is 0 Å². The van der Waals surface area contributed by atoms with E-state index in [4.69, 9.17) is 22.4 Å². The van der Waals surface area contributed by atoms with Crippen LogP contribution in [-0.4, -0.2) is 17.0 Å². The quantitative estimate of drug-likeness (QED) is 0.720. The molecule has 0 saturated heterocycles. The number of carbonyl (C=O) groups excluding carboxylic acids is 1. The summed E-state index contributed by atoms with van der Waals surface area (Å²) in [6.07, 6.45) is 0. The molecule has 108 valence electrons. The molecule has 0 radical (unpaired) electrons. The van der Waals surface area contributed by atoms with Crippen LogP contribution in [0.2, 0.25) is 5.02 Å². The lowest BCUT2D eigenvalue weighted by Gasteiger charge is -2.10. The highest BCUT2D eigenvalue weighted by Crippen LogP contribution is 2.24. The van der Waals surface area contributed by atoms with Crippen molar-refractivity contribution >= 4 is 50.8 Å². The van der Waals surface area contributed by atoms with Gasteiger partial charge in [0.15, 0.2) is 0 Å². The Balaban J connectivity index is 2.35. The molecule has 0 spiro atoms. The minimum Gasteiger partial charge on any atom is -0.478 e. The van der Waals surface area contributed by atoms with Crippen molar-refractivity contribution < 1.29 is 14.7 Å². The summed E-state index contributed by atoms with van der Waals surface area (Å²) in [5.74, 6) is -1.67. The van der Waals surface area contributed by atoms with Crippen LogP contribution in [0.25, 0.3) is 0 Å². The highest BCUT2D eigenvalue weighted by molar-refractivity contribution is 9.10. The Hall–Kier alpha value is -2.05. The Labute approximate surface area is 133 Å². The van der Waals surface area contributed by atoms with E-state index < -0.39 is 11.9 Å². The lowest BCUT2D eigenvalue weighted by Crippen LogP contribution is -2.16. The number of carboxylic acids is 1. The zero-order chi connectivity index (χ0) is 15.6. The van der Waals surface area contributed by atoms with Gasteiger partial charge in [-0.25, -0.2) is 4.79 Å². The first-order chi connectivity index (χ1) is 9.88. The van der Waals surface area contributed by atoms with Crippen LogP contribution in [0.4, 0.5) is 11.4 Å². The Morgan fingerprint density at radius 2 is 1.81 bits per heavy atom. The van der Waals surface area contributed by atoms with Crippen LogP contribution in [-0.2, 0) is 0 Å². The second-order valence-electron chi connectivity index (χ2n) is 4.18. The van der Waals surface area contributed by atoms with Crippen LogP contribution < -0.4 is 11.1 Å². The van der Waals surface area contributed by atoms with E-state index in [0.29, 0.717) is 5.02 Å². The van der Waals surface area contributed by atoms with Gasteiger partial charge in [-0.15, -0.1) is 0 Å². The molecule has 0 atom stereocenters. The van der Waals surface area contributed by atoms with Gasteiger partial charge in [-0.05, 0) is 36.4 Å². The summed E-state index contributed by atoms with van der Waals surface area (Å²) in [7, 11) is 0. The maximum Gasteiger partial charge on any atom is 0.337 e. The first kappa shape index (κ1) is 15.3. The molecule has 2 aromatic carbocycles. The number of carboxylic acid groups (broad SMARTS) is 1. The van der Waals surface area contributed by atoms with Crippen LogP contribution in [0.15, 0.2) is 40.9 Å². The second kappa shape index (κ2) is 6.15. The minimum atomic E-state index is -1.16. The van der Waals surface area contributed by atoms with Crippen molar-refractivity contribution in [1.29, 1.82) is 0 Å². The summed E-state index contributed by atoms with van der Waals surface area (Å²) >= 11 is 9.07. The molecule has 1 amide bonds. The summed E-state index contributed by atoms with van der Waals surface area (Å²) in [4.78, 5) is 23.3. The number of nitrogen functional groups attached to an aromatic ring is 1. The van der Waals surface area contributed by atoms with Crippen molar-refractivity contribution in [3.8, 4) is 0 Å². The van der Waals surface area contributed by atoms with Crippen LogP contribution in [0.5, 0.6) is 0 Å². The number of anilines is 2. The summed E-state index contributed by atoms with van der Waals surface area (Å²) < 4.78 is 0.741. The summed E-state index contributed by atoms with van der Waals surface area (Å²) in [5.41, 5.74) is 6.35. The maximum atomic E-state index is 12.2. The average molecular weight is 370 g/mol. The number of halogens is 2. The van der Waals surface area contributed by atoms with Gasteiger partial charge in [0.2, 0.25) is 0 Å². The fraction of sp³-hybridized carbons (Fsp3) is 0. The van der Waals surface area contributed by atoms with Gasteiger partial charge in [0.05, 0.1) is 16.8 Å². The van der Waals surface area contributed by atoms with Gasteiger partial charge < -0.3 is 16.2 Å². The molecule has 2 rings (SSSR count). The van der Waals surface area contributed by atoms with Crippen molar-refractivity contribution in [3.63, 3.8) is 0 Å². The van der Waals surface area contributed by atoms with E-state index >= 15 is 0 Å². The third-order valence-electron chi connectivity index (χ3n) is 2.72. The Morgan fingerprint density at radius 3 is 2.43 bits per heavy atom. The average Bonchev–Trinajstić information content (AvgIpc) is 2.37. The maximum absolute atomic E-state index is 12.2. The summed E-state index contributed by atoms with van der Waals surface area (Å²) in [6.45, 7) is 0. The highest BCUT2D eigenvalue weighted by atomic mass is 79.9. The monoisotopic (exact) mass is 368 g/mol. The number of amides is 1. The molecule has 21 heavy (non-hydrogen) atoms. The molecule has 0 saturated carbocycles. The number of hydrogen-bond donors (Lipinski definition) is 3. The van der Waals surface area contributed by atoms with E-state index in [1.54, 1.807) is 18.2 Å². The third kappa shape index (κ3) is 3.53. The van der Waals surface area contributed by atoms with Crippen molar-refractivity contribution in [3.05, 3.63) is 57.0 Å². The number of hydrogen-bond acceptors (Lipinski definition) is 3. The lowest BCUT2D eigenvalue weighted by molar-refractivity contribution is 0.0698. The molecule has 2 aromatic rings. The van der Waals surface area contributed by atoms with Gasteiger partial charge in [0, 0.05) is 15.2 Å².